The number of rotatable bonds is 4. The highest BCUT2D eigenvalue weighted by Crippen LogP contribution is 2.50. The molecule has 1 atom stereocenters. The van der Waals surface area contributed by atoms with Crippen LogP contribution in [0.4, 0.5) is 24.5 Å². The fraction of sp³-hybridized carbons (Fsp3) is 0.296. The van der Waals surface area contributed by atoms with Gasteiger partial charge in [0.1, 0.15) is 0 Å². The van der Waals surface area contributed by atoms with Crippen molar-refractivity contribution < 1.29 is 27.4 Å². The summed E-state index contributed by atoms with van der Waals surface area (Å²) in [6, 6.07) is 14.7. The third-order valence-electron chi connectivity index (χ3n) is 6.75. The predicted octanol–water partition coefficient (Wildman–Crippen LogP) is 6.47. The van der Waals surface area contributed by atoms with Crippen LogP contribution >= 0.6 is 11.8 Å². The number of para-hydroxylation sites is 1. The van der Waals surface area contributed by atoms with Crippen molar-refractivity contribution in [3.05, 3.63) is 71.3 Å². The first-order chi connectivity index (χ1) is 17.2. The Bertz CT molecular complexity index is 1330. The van der Waals surface area contributed by atoms with E-state index in [0.29, 0.717) is 35.0 Å². The smallest absolute Gasteiger partial charge is 0.416 e. The standard InChI is InChI=1S/C27H25F3N2O3S/c1-16-19-14-23(35-3)22(34-2)12-17(19)10-11-31(16)15-26(33)32-20-6-4-5-7-24(20)36-25-9-8-18(13-21(25)32)27(28,29)30/h4-9,12-14,16H,10-11,15H2,1-3H3. The molecular formula is C27H25F3N2O3S. The summed E-state index contributed by atoms with van der Waals surface area (Å²) in [6.45, 7) is 2.71. The Morgan fingerprint density at radius 3 is 2.42 bits per heavy atom. The summed E-state index contributed by atoms with van der Waals surface area (Å²) in [5.41, 5.74) is 2.25. The van der Waals surface area contributed by atoms with Gasteiger partial charge in [-0.15, -0.1) is 0 Å². The number of ether oxygens (including phenoxy) is 2. The number of hydrogen-bond donors (Lipinski definition) is 0. The second-order valence-corrected chi connectivity index (χ2v) is 9.87. The van der Waals surface area contributed by atoms with Crippen LogP contribution in [0.3, 0.4) is 0 Å². The van der Waals surface area contributed by atoms with Gasteiger partial charge in [0.25, 0.3) is 0 Å². The molecule has 188 valence electrons. The number of halogens is 3. The molecule has 0 N–H and O–H groups in total. The molecule has 1 unspecified atom stereocenters. The molecule has 0 fully saturated rings. The van der Waals surface area contributed by atoms with Crippen LogP contribution in [0.25, 0.3) is 0 Å². The van der Waals surface area contributed by atoms with E-state index in [-0.39, 0.29) is 24.2 Å². The van der Waals surface area contributed by atoms with Crippen molar-refractivity contribution in [1.82, 2.24) is 4.90 Å². The van der Waals surface area contributed by atoms with E-state index >= 15 is 0 Å². The topological polar surface area (TPSA) is 42.0 Å². The quantitative estimate of drug-likeness (QED) is 0.399. The number of methoxy groups -OCH3 is 2. The summed E-state index contributed by atoms with van der Waals surface area (Å²) >= 11 is 1.37. The summed E-state index contributed by atoms with van der Waals surface area (Å²) < 4.78 is 51.5. The second-order valence-electron chi connectivity index (χ2n) is 8.78. The molecule has 2 aliphatic heterocycles. The molecule has 36 heavy (non-hydrogen) atoms. The second kappa shape index (κ2) is 9.37. The summed E-state index contributed by atoms with van der Waals surface area (Å²) in [4.78, 5) is 18.7. The minimum Gasteiger partial charge on any atom is -0.493 e. The average Bonchev–Trinajstić information content (AvgIpc) is 2.87. The van der Waals surface area contributed by atoms with E-state index in [4.69, 9.17) is 9.47 Å². The number of fused-ring (bicyclic) bond motifs is 3. The maximum atomic E-state index is 13.8. The van der Waals surface area contributed by atoms with Crippen LogP contribution in [-0.4, -0.2) is 38.1 Å². The van der Waals surface area contributed by atoms with Crippen LogP contribution in [-0.2, 0) is 17.4 Å². The van der Waals surface area contributed by atoms with Crippen LogP contribution in [0.2, 0.25) is 0 Å². The number of benzene rings is 3. The van der Waals surface area contributed by atoms with E-state index in [2.05, 4.69) is 0 Å². The van der Waals surface area contributed by atoms with Gasteiger partial charge in [-0.2, -0.15) is 13.2 Å². The maximum Gasteiger partial charge on any atom is 0.416 e. The molecule has 1 amide bonds. The van der Waals surface area contributed by atoms with Gasteiger partial charge >= 0.3 is 6.18 Å². The number of amides is 1. The molecule has 0 bridgehead atoms. The number of anilines is 2. The van der Waals surface area contributed by atoms with Crippen molar-refractivity contribution in [1.29, 1.82) is 0 Å². The van der Waals surface area contributed by atoms with Crippen LogP contribution in [0.5, 0.6) is 11.5 Å². The van der Waals surface area contributed by atoms with Gasteiger partial charge in [0.05, 0.1) is 37.7 Å². The molecule has 0 saturated carbocycles. The molecule has 2 aliphatic rings. The van der Waals surface area contributed by atoms with Crippen molar-refractivity contribution in [3.63, 3.8) is 0 Å². The average molecular weight is 515 g/mol. The number of carbonyl (C=O) groups excluding carboxylic acids is 1. The van der Waals surface area contributed by atoms with Crippen molar-refractivity contribution >= 4 is 29.0 Å². The zero-order chi connectivity index (χ0) is 25.6. The summed E-state index contributed by atoms with van der Waals surface area (Å²) in [5.74, 6) is 0.999. The van der Waals surface area contributed by atoms with E-state index in [1.54, 1.807) is 26.4 Å². The van der Waals surface area contributed by atoms with Gasteiger partial charge < -0.3 is 9.47 Å². The first-order valence-electron chi connectivity index (χ1n) is 11.5. The molecular weight excluding hydrogens is 489 g/mol. The van der Waals surface area contributed by atoms with Crippen LogP contribution < -0.4 is 14.4 Å². The predicted molar refractivity (Wildman–Crippen MR) is 132 cm³/mol. The SMILES string of the molecule is COc1cc2c(cc1OC)C(C)N(CC(=O)N1c3ccccc3Sc3ccc(C(F)(F)F)cc31)CC2. The zero-order valence-electron chi connectivity index (χ0n) is 20.1. The Balaban J connectivity index is 1.48. The monoisotopic (exact) mass is 514 g/mol. The van der Waals surface area contributed by atoms with Crippen molar-refractivity contribution in [2.75, 3.05) is 32.2 Å². The van der Waals surface area contributed by atoms with Gasteiger partial charge in [-0.05, 0) is 66.9 Å². The molecule has 5 nitrogen and oxygen atoms in total. The summed E-state index contributed by atoms with van der Waals surface area (Å²) in [5, 5.41) is 0. The van der Waals surface area contributed by atoms with Gasteiger partial charge in [0, 0.05) is 22.4 Å². The zero-order valence-corrected chi connectivity index (χ0v) is 20.9. The van der Waals surface area contributed by atoms with E-state index < -0.39 is 11.7 Å². The lowest BCUT2D eigenvalue weighted by Crippen LogP contribution is -2.43. The third kappa shape index (κ3) is 4.30. The number of hydrogen-bond acceptors (Lipinski definition) is 5. The van der Waals surface area contributed by atoms with Crippen molar-refractivity contribution in [3.8, 4) is 11.5 Å². The minimum atomic E-state index is -4.50. The lowest BCUT2D eigenvalue weighted by atomic mass is 9.92. The minimum absolute atomic E-state index is 0.0592. The highest BCUT2D eigenvalue weighted by molar-refractivity contribution is 7.99. The first-order valence-corrected chi connectivity index (χ1v) is 12.3. The number of carbonyl (C=O) groups is 1. The molecule has 5 rings (SSSR count). The molecule has 0 spiro atoms. The molecule has 0 aromatic heterocycles. The Hall–Kier alpha value is -3.17. The molecule has 9 heteroatoms. The van der Waals surface area contributed by atoms with Gasteiger partial charge in [-0.25, -0.2) is 0 Å². The Morgan fingerprint density at radius 1 is 1.00 bits per heavy atom. The third-order valence-corrected chi connectivity index (χ3v) is 7.88. The van der Waals surface area contributed by atoms with Gasteiger partial charge in [-0.1, -0.05) is 23.9 Å². The fourth-order valence-electron chi connectivity index (χ4n) is 4.86. The Kier molecular flexibility index (Phi) is 6.38. The Labute approximate surface area is 211 Å². The van der Waals surface area contributed by atoms with Crippen LogP contribution in [0.1, 0.15) is 29.7 Å². The summed E-state index contributed by atoms with van der Waals surface area (Å²) in [6.07, 6.45) is -3.79. The first kappa shape index (κ1) is 24.5. The van der Waals surface area contributed by atoms with E-state index in [0.717, 1.165) is 28.2 Å². The molecule has 3 aromatic carbocycles. The Morgan fingerprint density at radius 2 is 1.69 bits per heavy atom. The van der Waals surface area contributed by atoms with Gasteiger partial charge in [0.15, 0.2) is 11.5 Å². The normalized spacial score (nSPS) is 17.2. The molecule has 2 heterocycles. The van der Waals surface area contributed by atoms with Gasteiger partial charge in [0.2, 0.25) is 5.91 Å². The van der Waals surface area contributed by atoms with E-state index in [9.17, 15) is 18.0 Å². The lowest BCUT2D eigenvalue weighted by Gasteiger charge is -2.38. The highest BCUT2D eigenvalue weighted by atomic mass is 32.2. The van der Waals surface area contributed by atoms with Crippen molar-refractivity contribution in [2.24, 2.45) is 0 Å². The number of alkyl halides is 3. The van der Waals surface area contributed by atoms with E-state index in [1.807, 2.05) is 36.1 Å². The van der Waals surface area contributed by atoms with Gasteiger partial charge in [-0.3, -0.25) is 14.6 Å². The number of nitrogens with zero attached hydrogens (tertiary/aromatic N) is 2. The molecule has 0 aliphatic carbocycles. The van der Waals surface area contributed by atoms with E-state index in [1.165, 1.54) is 22.7 Å². The maximum absolute atomic E-state index is 13.8. The van der Waals surface area contributed by atoms with Crippen LogP contribution in [0.15, 0.2) is 64.4 Å². The highest BCUT2D eigenvalue weighted by Gasteiger charge is 2.36. The lowest BCUT2D eigenvalue weighted by molar-refractivity contribution is -0.137. The van der Waals surface area contributed by atoms with Crippen LogP contribution in [0, 0.1) is 0 Å². The molecule has 0 saturated heterocycles. The fourth-order valence-corrected chi connectivity index (χ4v) is 5.90. The largest absolute Gasteiger partial charge is 0.493 e. The van der Waals surface area contributed by atoms with Crippen molar-refractivity contribution in [2.45, 2.75) is 35.4 Å². The summed E-state index contributed by atoms with van der Waals surface area (Å²) in [7, 11) is 3.18. The molecule has 0 radical (unpaired) electrons. The molecule has 3 aromatic rings.